The molecule has 0 aliphatic carbocycles. The van der Waals surface area contributed by atoms with E-state index in [0.717, 1.165) is 38.3 Å². The van der Waals surface area contributed by atoms with Crippen molar-refractivity contribution in [3.63, 3.8) is 0 Å². The molecule has 1 aromatic rings. The summed E-state index contributed by atoms with van der Waals surface area (Å²) in [6, 6.07) is 3.33. The highest BCUT2D eigenvalue weighted by Crippen LogP contribution is 2.24. The highest BCUT2D eigenvalue weighted by Gasteiger charge is 2.24. The molecule has 1 unspecified atom stereocenters. The Kier molecular flexibility index (Phi) is 5.25. The van der Waals surface area contributed by atoms with Crippen LogP contribution in [0.4, 0.5) is 8.78 Å². The van der Waals surface area contributed by atoms with Gasteiger partial charge in [0.2, 0.25) is 0 Å². The van der Waals surface area contributed by atoms with E-state index in [4.69, 9.17) is 5.11 Å². The van der Waals surface area contributed by atoms with E-state index in [-0.39, 0.29) is 12.5 Å². The normalized spacial score (nSPS) is 18.6. The fourth-order valence-electron chi connectivity index (χ4n) is 2.66. The second kappa shape index (κ2) is 6.95. The van der Waals surface area contributed by atoms with Crippen molar-refractivity contribution in [1.82, 2.24) is 9.80 Å². The van der Waals surface area contributed by atoms with Gasteiger partial charge in [-0.25, -0.2) is 8.78 Å². The van der Waals surface area contributed by atoms with Crippen LogP contribution in [-0.2, 0) is 4.79 Å². The Hall–Kier alpha value is -1.53. The van der Waals surface area contributed by atoms with E-state index in [1.54, 1.807) is 0 Å². The molecule has 0 amide bonds. The number of aliphatic carboxylic acids is 1. The lowest BCUT2D eigenvalue weighted by atomic mass is 10.1. The number of carboxylic acid groups (broad SMARTS) is 1. The van der Waals surface area contributed by atoms with Gasteiger partial charge >= 0.3 is 5.97 Å². The molecule has 1 N–H and O–H groups in total. The van der Waals surface area contributed by atoms with Crippen LogP contribution in [0.25, 0.3) is 0 Å². The van der Waals surface area contributed by atoms with Gasteiger partial charge in [-0.1, -0.05) is 0 Å². The molecule has 116 valence electrons. The van der Waals surface area contributed by atoms with Gasteiger partial charge in [-0.05, 0) is 25.1 Å². The van der Waals surface area contributed by atoms with Gasteiger partial charge < -0.3 is 10.0 Å². The van der Waals surface area contributed by atoms with E-state index in [0.29, 0.717) is 12.1 Å². The molecular weight excluding hydrogens is 278 g/mol. The number of hydrogen-bond acceptors (Lipinski definition) is 3. The lowest BCUT2D eigenvalue weighted by Gasteiger charge is -2.38. The minimum atomic E-state index is -0.798. The SMILES string of the molecule is CC(c1cc(F)ccc1F)N1CCN(CCC(=O)O)CC1. The van der Waals surface area contributed by atoms with Gasteiger partial charge in [0.25, 0.3) is 0 Å². The molecule has 0 aromatic heterocycles. The lowest BCUT2D eigenvalue weighted by Crippen LogP contribution is -2.47. The third kappa shape index (κ3) is 4.22. The molecule has 1 saturated heterocycles. The van der Waals surface area contributed by atoms with Crippen molar-refractivity contribution in [2.75, 3.05) is 32.7 Å². The first-order valence-electron chi connectivity index (χ1n) is 7.10. The molecule has 0 bridgehead atoms. The van der Waals surface area contributed by atoms with Crippen molar-refractivity contribution in [1.29, 1.82) is 0 Å². The fraction of sp³-hybridized carbons (Fsp3) is 0.533. The predicted molar refractivity (Wildman–Crippen MR) is 75.0 cm³/mol. The zero-order valence-electron chi connectivity index (χ0n) is 12.1. The zero-order valence-corrected chi connectivity index (χ0v) is 12.1. The predicted octanol–water partition coefficient (Wildman–Crippen LogP) is 2.12. The third-order valence-corrected chi connectivity index (χ3v) is 4.00. The Morgan fingerprint density at radius 3 is 2.57 bits per heavy atom. The molecule has 0 saturated carbocycles. The number of carbonyl (C=O) groups is 1. The summed E-state index contributed by atoms with van der Waals surface area (Å²) < 4.78 is 27.1. The van der Waals surface area contributed by atoms with E-state index in [2.05, 4.69) is 9.80 Å². The van der Waals surface area contributed by atoms with Gasteiger partial charge in [0.05, 0.1) is 6.42 Å². The summed E-state index contributed by atoms with van der Waals surface area (Å²) in [5, 5.41) is 8.68. The maximum atomic E-state index is 13.8. The van der Waals surface area contributed by atoms with Gasteiger partial charge in [-0.3, -0.25) is 9.69 Å². The summed E-state index contributed by atoms with van der Waals surface area (Å²) in [5.74, 6) is -1.62. The monoisotopic (exact) mass is 298 g/mol. The highest BCUT2D eigenvalue weighted by atomic mass is 19.1. The first-order chi connectivity index (χ1) is 9.97. The van der Waals surface area contributed by atoms with Gasteiger partial charge in [-0.15, -0.1) is 0 Å². The number of halogens is 2. The Labute approximate surface area is 123 Å². The van der Waals surface area contributed by atoms with Crippen LogP contribution in [0.15, 0.2) is 18.2 Å². The minimum Gasteiger partial charge on any atom is -0.481 e. The van der Waals surface area contributed by atoms with Crippen molar-refractivity contribution in [2.45, 2.75) is 19.4 Å². The maximum Gasteiger partial charge on any atom is 0.304 e. The Morgan fingerprint density at radius 2 is 1.95 bits per heavy atom. The second-order valence-corrected chi connectivity index (χ2v) is 5.36. The topological polar surface area (TPSA) is 43.8 Å². The highest BCUT2D eigenvalue weighted by molar-refractivity contribution is 5.66. The fourth-order valence-corrected chi connectivity index (χ4v) is 2.66. The van der Waals surface area contributed by atoms with Crippen LogP contribution in [0.1, 0.15) is 24.9 Å². The Bertz CT molecular complexity index is 502. The molecule has 1 aliphatic heterocycles. The van der Waals surface area contributed by atoms with Crippen LogP contribution < -0.4 is 0 Å². The van der Waals surface area contributed by atoms with E-state index >= 15 is 0 Å². The summed E-state index contributed by atoms with van der Waals surface area (Å²) in [5.41, 5.74) is 0.369. The Morgan fingerprint density at radius 1 is 1.29 bits per heavy atom. The summed E-state index contributed by atoms with van der Waals surface area (Å²) in [4.78, 5) is 14.7. The second-order valence-electron chi connectivity index (χ2n) is 5.36. The summed E-state index contributed by atoms with van der Waals surface area (Å²) in [7, 11) is 0. The van der Waals surface area contributed by atoms with E-state index < -0.39 is 17.6 Å². The van der Waals surface area contributed by atoms with Crippen LogP contribution in [0.2, 0.25) is 0 Å². The average Bonchev–Trinajstić information content (AvgIpc) is 2.47. The molecule has 4 nitrogen and oxygen atoms in total. The molecule has 0 radical (unpaired) electrons. The average molecular weight is 298 g/mol. The molecule has 6 heteroatoms. The quantitative estimate of drug-likeness (QED) is 0.904. The largest absolute Gasteiger partial charge is 0.481 e. The molecule has 2 rings (SSSR count). The molecule has 1 atom stereocenters. The van der Waals surface area contributed by atoms with Crippen molar-refractivity contribution >= 4 is 5.97 Å². The standard InChI is InChI=1S/C15H20F2N2O2/c1-11(13-10-12(16)2-3-14(13)17)19-8-6-18(7-9-19)5-4-15(20)21/h2-3,10-11H,4-9H2,1H3,(H,20,21). The van der Waals surface area contributed by atoms with Crippen LogP contribution in [0, 0.1) is 11.6 Å². The van der Waals surface area contributed by atoms with E-state index in [9.17, 15) is 13.6 Å². The lowest BCUT2D eigenvalue weighted by molar-refractivity contribution is -0.137. The number of piperazine rings is 1. The number of rotatable bonds is 5. The molecule has 1 aromatic carbocycles. The van der Waals surface area contributed by atoms with E-state index in [1.165, 1.54) is 6.07 Å². The van der Waals surface area contributed by atoms with Crippen LogP contribution >= 0.6 is 0 Å². The summed E-state index contributed by atoms with van der Waals surface area (Å²) in [6.07, 6.45) is 0.133. The summed E-state index contributed by atoms with van der Waals surface area (Å²) in [6.45, 7) is 5.33. The Balaban J connectivity index is 1.92. The molecule has 1 heterocycles. The van der Waals surface area contributed by atoms with E-state index in [1.807, 2.05) is 6.92 Å². The van der Waals surface area contributed by atoms with Gasteiger partial charge in [0.15, 0.2) is 0 Å². The van der Waals surface area contributed by atoms with Crippen molar-refractivity contribution in [2.24, 2.45) is 0 Å². The van der Waals surface area contributed by atoms with Crippen molar-refractivity contribution < 1.29 is 18.7 Å². The minimum absolute atomic E-state index is 0.133. The number of nitrogens with zero attached hydrogens (tertiary/aromatic N) is 2. The van der Waals surface area contributed by atoms with Gasteiger partial charge in [0, 0.05) is 44.3 Å². The van der Waals surface area contributed by atoms with Gasteiger partial charge in [-0.2, -0.15) is 0 Å². The van der Waals surface area contributed by atoms with Crippen molar-refractivity contribution in [3.05, 3.63) is 35.4 Å². The van der Waals surface area contributed by atoms with Crippen LogP contribution in [0.5, 0.6) is 0 Å². The number of benzene rings is 1. The molecule has 21 heavy (non-hydrogen) atoms. The van der Waals surface area contributed by atoms with Crippen molar-refractivity contribution in [3.8, 4) is 0 Å². The van der Waals surface area contributed by atoms with Crippen LogP contribution in [0.3, 0.4) is 0 Å². The van der Waals surface area contributed by atoms with Gasteiger partial charge in [0.1, 0.15) is 11.6 Å². The summed E-state index contributed by atoms with van der Waals surface area (Å²) >= 11 is 0. The first kappa shape index (κ1) is 15.9. The zero-order chi connectivity index (χ0) is 15.4. The number of carboxylic acids is 1. The van der Waals surface area contributed by atoms with Crippen LogP contribution in [-0.4, -0.2) is 53.6 Å². The maximum absolute atomic E-state index is 13.8. The smallest absolute Gasteiger partial charge is 0.304 e. The molecule has 0 spiro atoms. The molecule has 1 aliphatic rings. The molecular formula is C15H20F2N2O2. The first-order valence-corrected chi connectivity index (χ1v) is 7.10. The number of hydrogen-bond donors (Lipinski definition) is 1. The molecule has 1 fully saturated rings. The third-order valence-electron chi connectivity index (χ3n) is 4.00.